The van der Waals surface area contributed by atoms with Crippen LogP contribution in [0.5, 0.6) is 5.75 Å². The molecule has 4 heteroatoms. The van der Waals surface area contributed by atoms with Gasteiger partial charge in [-0.15, -0.1) is 10.2 Å². The van der Waals surface area contributed by atoms with E-state index in [-0.39, 0.29) is 5.75 Å². The van der Waals surface area contributed by atoms with E-state index < -0.39 is 0 Å². The van der Waals surface area contributed by atoms with Crippen LogP contribution >= 0.6 is 0 Å². The Morgan fingerprint density at radius 2 is 1.33 bits per heavy atom. The Hall–Kier alpha value is -3.40. The highest BCUT2D eigenvalue weighted by atomic mass is 16.3. The molecule has 4 aromatic rings. The first-order chi connectivity index (χ1) is 13.3. The van der Waals surface area contributed by atoms with Crippen molar-refractivity contribution in [3.05, 3.63) is 102 Å². The summed E-state index contributed by atoms with van der Waals surface area (Å²) in [5.41, 5.74) is 3.45. The van der Waals surface area contributed by atoms with Crippen molar-refractivity contribution < 1.29 is 5.11 Å². The van der Waals surface area contributed by atoms with E-state index in [1.54, 1.807) is 12.1 Å². The van der Waals surface area contributed by atoms with Gasteiger partial charge in [-0.1, -0.05) is 60.7 Å². The molecular formula is C23H21N3O. The summed E-state index contributed by atoms with van der Waals surface area (Å²) < 4.78 is 2.19. The average molecular weight is 355 g/mol. The van der Waals surface area contributed by atoms with Gasteiger partial charge in [-0.2, -0.15) is 0 Å². The fraction of sp³-hybridized carbons (Fsp3) is 0.130. The molecule has 134 valence electrons. The van der Waals surface area contributed by atoms with Crippen LogP contribution in [0.3, 0.4) is 0 Å². The molecule has 3 aromatic carbocycles. The lowest BCUT2D eigenvalue weighted by Crippen LogP contribution is -2.08. The second-order valence-corrected chi connectivity index (χ2v) is 6.54. The van der Waals surface area contributed by atoms with Crippen molar-refractivity contribution in [1.82, 2.24) is 14.8 Å². The third kappa shape index (κ3) is 4.06. The lowest BCUT2D eigenvalue weighted by atomic mass is 10.1. The van der Waals surface area contributed by atoms with E-state index >= 15 is 0 Å². The Balaban J connectivity index is 1.67. The number of aromatic hydroxyl groups is 1. The number of rotatable bonds is 6. The number of hydrogen-bond donors (Lipinski definition) is 1. The van der Waals surface area contributed by atoms with Crippen molar-refractivity contribution >= 4 is 0 Å². The van der Waals surface area contributed by atoms with Gasteiger partial charge >= 0.3 is 0 Å². The van der Waals surface area contributed by atoms with Crippen LogP contribution in [0.15, 0.2) is 84.9 Å². The van der Waals surface area contributed by atoms with Crippen molar-refractivity contribution in [2.75, 3.05) is 0 Å². The van der Waals surface area contributed by atoms with Gasteiger partial charge in [-0.3, -0.25) is 0 Å². The van der Waals surface area contributed by atoms with E-state index in [4.69, 9.17) is 0 Å². The molecule has 4 rings (SSSR count). The Morgan fingerprint density at radius 1 is 0.704 bits per heavy atom. The Kier molecular flexibility index (Phi) is 4.97. The van der Waals surface area contributed by atoms with Gasteiger partial charge < -0.3 is 9.67 Å². The molecule has 0 bridgehead atoms. The molecule has 1 heterocycles. The third-order valence-corrected chi connectivity index (χ3v) is 4.62. The predicted molar refractivity (Wildman–Crippen MR) is 107 cm³/mol. The Morgan fingerprint density at radius 3 is 2.00 bits per heavy atom. The van der Waals surface area contributed by atoms with E-state index in [9.17, 15) is 5.11 Å². The number of phenolic OH excluding ortho intramolecular Hbond substituents is 1. The molecule has 27 heavy (non-hydrogen) atoms. The number of aryl methyl sites for hydroxylation is 1. The summed E-state index contributed by atoms with van der Waals surface area (Å²) >= 11 is 0. The molecular weight excluding hydrogens is 334 g/mol. The van der Waals surface area contributed by atoms with Crippen molar-refractivity contribution in [3.8, 4) is 17.1 Å². The number of hydrogen-bond acceptors (Lipinski definition) is 3. The molecule has 0 saturated carbocycles. The van der Waals surface area contributed by atoms with Gasteiger partial charge in [0.1, 0.15) is 11.6 Å². The van der Waals surface area contributed by atoms with Crippen LogP contribution in [0.1, 0.15) is 17.0 Å². The maximum Gasteiger partial charge on any atom is 0.163 e. The topological polar surface area (TPSA) is 50.9 Å². The summed E-state index contributed by atoms with van der Waals surface area (Å²) in [6, 6.07) is 27.9. The SMILES string of the molecule is Oc1ccc(-c2nnc(Cc3ccccc3)n2CCc2ccccc2)cc1. The van der Waals surface area contributed by atoms with Gasteiger partial charge in [0.05, 0.1) is 0 Å². The van der Waals surface area contributed by atoms with Crippen molar-refractivity contribution in [2.24, 2.45) is 0 Å². The zero-order valence-electron chi connectivity index (χ0n) is 15.0. The minimum atomic E-state index is 0.249. The monoisotopic (exact) mass is 355 g/mol. The van der Waals surface area contributed by atoms with Crippen LogP contribution in [0.25, 0.3) is 11.4 Å². The van der Waals surface area contributed by atoms with Crippen LogP contribution in [-0.4, -0.2) is 19.9 Å². The molecule has 0 aliphatic heterocycles. The molecule has 0 aliphatic rings. The number of benzene rings is 3. The minimum Gasteiger partial charge on any atom is -0.508 e. The molecule has 0 radical (unpaired) electrons. The summed E-state index contributed by atoms with van der Waals surface area (Å²) in [6.07, 6.45) is 1.65. The average Bonchev–Trinajstić information content (AvgIpc) is 3.11. The van der Waals surface area contributed by atoms with Gasteiger partial charge in [-0.25, -0.2) is 0 Å². The van der Waals surface area contributed by atoms with Gasteiger partial charge in [-0.05, 0) is 41.8 Å². The first-order valence-electron chi connectivity index (χ1n) is 9.09. The number of aromatic nitrogens is 3. The summed E-state index contributed by atoms with van der Waals surface area (Å²) in [5.74, 6) is 2.02. The lowest BCUT2D eigenvalue weighted by molar-refractivity contribution is 0.475. The molecule has 1 aromatic heterocycles. The van der Waals surface area contributed by atoms with Crippen LogP contribution in [0.4, 0.5) is 0 Å². The van der Waals surface area contributed by atoms with Gasteiger partial charge in [0.2, 0.25) is 0 Å². The lowest BCUT2D eigenvalue weighted by Gasteiger charge is -2.11. The Bertz CT molecular complexity index is 993. The van der Waals surface area contributed by atoms with Gasteiger partial charge in [0.25, 0.3) is 0 Å². The largest absolute Gasteiger partial charge is 0.508 e. The number of nitrogens with zero attached hydrogens (tertiary/aromatic N) is 3. The molecule has 0 spiro atoms. The predicted octanol–water partition coefficient (Wildman–Crippen LogP) is 4.48. The first-order valence-corrected chi connectivity index (χ1v) is 9.09. The second-order valence-electron chi connectivity index (χ2n) is 6.54. The van der Waals surface area contributed by atoms with E-state index in [1.807, 2.05) is 36.4 Å². The zero-order chi connectivity index (χ0) is 18.5. The van der Waals surface area contributed by atoms with Crippen LogP contribution in [0, 0.1) is 0 Å². The second kappa shape index (κ2) is 7.87. The van der Waals surface area contributed by atoms with Crippen molar-refractivity contribution in [2.45, 2.75) is 19.4 Å². The van der Waals surface area contributed by atoms with Gasteiger partial charge in [0.15, 0.2) is 5.82 Å². The summed E-state index contributed by atoms with van der Waals surface area (Å²) in [6.45, 7) is 0.801. The quantitative estimate of drug-likeness (QED) is 0.555. The fourth-order valence-corrected chi connectivity index (χ4v) is 3.19. The molecule has 0 saturated heterocycles. The first kappa shape index (κ1) is 17.0. The maximum absolute atomic E-state index is 9.58. The molecule has 0 atom stereocenters. The molecule has 4 nitrogen and oxygen atoms in total. The third-order valence-electron chi connectivity index (χ3n) is 4.62. The van der Waals surface area contributed by atoms with Gasteiger partial charge in [0, 0.05) is 18.5 Å². The van der Waals surface area contributed by atoms with E-state index in [1.165, 1.54) is 11.1 Å². The molecule has 0 unspecified atom stereocenters. The van der Waals surface area contributed by atoms with E-state index in [0.29, 0.717) is 0 Å². The standard InChI is InChI=1S/C23H21N3O/c27-21-13-11-20(12-14-21)23-25-24-22(17-19-9-5-2-6-10-19)26(23)16-15-18-7-3-1-4-8-18/h1-14,27H,15-17H2. The molecule has 0 aliphatic carbocycles. The zero-order valence-corrected chi connectivity index (χ0v) is 15.0. The highest BCUT2D eigenvalue weighted by molar-refractivity contribution is 5.56. The van der Waals surface area contributed by atoms with E-state index in [2.05, 4.69) is 51.2 Å². The van der Waals surface area contributed by atoms with Crippen molar-refractivity contribution in [1.29, 1.82) is 0 Å². The summed E-state index contributed by atoms with van der Waals surface area (Å²) in [5, 5.41) is 18.5. The normalized spacial score (nSPS) is 10.8. The maximum atomic E-state index is 9.58. The van der Waals surface area contributed by atoms with Crippen LogP contribution < -0.4 is 0 Å². The summed E-state index contributed by atoms with van der Waals surface area (Å²) in [4.78, 5) is 0. The van der Waals surface area contributed by atoms with E-state index in [0.717, 1.165) is 36.6 Å². The van der Waals surface area contributed by atoms with Crippen LogP contribution in [0.2, 0.25) is 0 Å². The highest BCUT2D eigenvalue weighted by Crippen LogP contribution is 2.23. The van der Waals surface area contributed by atoms with Crippen LogP contribution in [-0.2, 0) is 19.4 Å². The molecule has 0 amide bonds. The Labute approximate surface area is 158 Å². The number of phenols is 1. The molecule has 0 fully saturated rings. The minimum absolute atomic E-state index is 0.249. The highest BCUT2D eigenvalue weighted by Gasteiger charge is 2.14. The smallest absolute Gasteiger partial charge is 0.163 e. The van der Waals surface area contributed by atoms with Crippen molar-refractivity contribution in [3.63, 3.8) is 0 Å². The fourth-order valence-electron chi connectivity index (χ4n) is 3.19. The summed E-state index contributed by atoms with van der Waals surface area (Å²) in [7, 11) is 0. The molecule has 1 N–H and O–H groups in total.